The Bertz CT molecular complexity index is 845. The largest absolute Gasteiger partial charge is 0.478 e. The minimum atomic E-state index is -1.01. The highest BCUT2D eigenvalue weighted by Crippen LogP contribution is 2.26. The SMILES string of the molecule is O=C(O)c1ccc2nc(Cc3cccc(F)c3F)sc2c1. The molecule has 0 amide bonds. The van der Waals surface area contributed by atoms with Gasteiger partial charge in [-0.2, -0.15) is 0 Å². The third-order valence-electron chi connectivity index (χ3n) is 3.05. The topological polar surface area (TPSA) is 50.2 Å². The van der Waals surface area contributed by atoms with Crippen LogP contribution in [0.25, 0.3) is 10.2 Å². The average Bonchev–Trinajstić information content (AvgIpc) is 2.85. The number of nitrogens with zero attached hydrogens (tertiary/aromatic N) is 1. The van der Waals surface area contributed by atoms with Crippen molar-refractivity contribution in [3.05, 3.63) is 64.2 Å². The number of benzene rings is 2. The summed E-state index contributed by atoms with van der Waals surface area (Å²) in [7, 11) is 0. The molecule has 0 aliphatic carbocycles. The van der Waals surface area contributed by atoms with Gasteiger partial charge < -0.3 is 5.11 Å². The zero-order valence-corrected chi connectivity index (χ0v) is 11.5. The fraction of sp³-hybridized carbons (Fsp3) is 0.0667. The second kappa shape index (κ2) is 5.21. The highest BCUT2D eigenvalue weighted by Gasteiger charge is 2.12. The van der Waals surface area contributed by atoms with Crippen LogP contribution in [0, 0.1) is 11.6 Å². The summed E-state index contributed by atoms with van der Waals surface area (Å²) in [5.74, 6) is -2.77. The molecule has 0 bridgehead atoms. The van der Waals surface area contributed by atoms with Gasteiger partial charge in [-0.15, -0.1) is 11.3 Å². The van der Waals surface area contributed by atoms with Crippen molar-refractivity contribution < 1.29 is 18.7 Å². The van der Waals surface area contributed by atoms with Gasteiger partial charge in [0.2, 0.25) is 0 Å². The van der Waals surface area contributed by atoms with Crippen LogP contribution >= 0.6 is 11.3 Å². The summed E-state index contributed by atoms with van der Waals surface area (Å²) < 4.78 is 27.5. The van der Waals surface area contributed by atoms with Crippen LogP contribution in [0.2, 0.25) is 0 Å². The monoisotopic (exact) mass is 305 g/mol. The number of carbonyl (C=O) groups is 1. The Balaban J connectivity index is 1.98. The number of thiazole rings is 1. The number of aromatic carboxylic acids is 1. The number of hydrogen-bond donors (Lipinski definition) is 1. The summed E-state index contributed by atoms with van der Waals surface area (Å²) >= 11 is 1.27. The molecule has 2 aromatic carbocycles. The van der Waals surface area contributed by atoms with Crippen molar-refractivity contribution in [1.29, 1.82) is 0 Å². The van der Waals surface area contributed by atoms with Crippen LogP contribution in [0.3, 0.4) is 0 Å². The number of aromatic nitrogens is 1. The molecule has 0 fully saturated rings. The fourth-order valence-corrected chi connectivity index (χ4v) is 3.06. The van der Waals surface area contributed by atoms with Gasteiger partial charge in [-0.1, -0.05) is 12.1 Å². The molecule has 106 valence electrons. The Morgan fingerprint density at radius 3 is 2.81 bits per heavy atom. The molecule has 6 heteroatoms. The van der Waals surface area contributed by atoms with Crippen molar-refractivity contribution in [2.24, 2.45) is 0 Å². The molecular formula is C15H9F2NO2S. The van der Waals surface area contributed by atoms with Gasteiger partial charge in [-0.05, 0) is 29.8 Å². The lowest BCUT2D eigenvalue weighted by molar-refractivity contribution is 0.0697. The summed E-state index contributed by atoms with van der Waals surface area (Å²) in [5.41, 5.74) is 1.05. The van der Waals surface area contributed by atoms with E-state index in [0.29, 0.717) is 15.2 Å². The molecular weight excluding hydrogens is 296 g/mol. The first-order valence-corrected chi connectivity index (χ1v) is 6.92. The number of rotatable bonds is 3. The van der Waals surface area contributed by atoms with Gasteiger partial charge >= 0.3 is 5.97 Å². The van der Waals surface area contributed by atoms with Crippen molar-refractivity contribution in [2.45, 2.75) is 6.42 Å². The van der Waals surface area contributed by atoms with E-state index in [1.165, 1.54) is 35.6 Å². The van der Waals surface area contributed by atoms with E-state index in [4.69, 9.17) is 5.11 Å². The highest BCUT2D eigenvalue weighted by atomic mass is 32.1. The van der Waals surface area contributed by atoms with E-state index in [9.17, 15) is 13.6 Å². The summed E-state index contributed by atoms with van der Waals surface area (Å²) in [6, 6.07) is 8.63. The molecule has 0 spiro atoms. The average molecular weight is 305 g/mol. The van der Waals surface area contributed by atoms with Crippen molar-refractivity contribution in [2.75, 3.05) is 0 Å². The maximum Gasteiger partial charge on any atom is 0.335 e. The molecule has 0 aliphatic heterocycles. The number of halogens is 2. The van der Waals surface area contributed by atoms with E-state index < -0.39 is 17.6 Å². The number of hydrogen-bond acceptors (Lipinski definition) is 3. The van der Waals surface area contributed by atoms with Gasteiger partial charge in [0.25, 0.3) is 0 Å². The first-order valence-electron chi connectivity index (χ1n) is 6.10. The maximum absolute atomic E-state index is 13.6. The van der Waals surface area contributed by atoms with Crippen LogP contribution in [0.5, 0.6) is 0 Å². The Morgan fingerprint density at radius 1 is 1.24 bits per heavy atom. The maximum atomic E-state index is 13.6. The molecule has 1 heterocycles. The molecule has 0 atom stereocenters. The standard InChI is InChI=1S/C15H9F2NO2S/c16-10-3-1-2-8(14(10)17)7-13-18-11-5-4-9(15(19)20)6-12(11)21-13/h1-6H,7H2,(H,19,20). The Labute approximate surface area is 122 Å². The summed E-state index contributed by atoms with van der Waals surface area (Å²) in [4.78, 5) is 15.2. The third kappa shape index (κ3) is 2.62. The molecule has 3 nitrogen and oxygen atoms in total. The van der Waals surface area contributed by atoms with Crippen LogP contribution in [0.1, 0.15) is 20.9 Å². The minimum absolute atomic E-state index is 0.172. The Hall–Kier alpha value is -2.34. The lowest BCUT2D eigenvalue weighted by Gasteiger charge is -2.00. The van der Waals surface area contributed by atoms with E-state index in [0.717, 1.165) is 6.07 Å². The van der Waals surface area contributed by atoms with E-state index in [1.807, 2.05) is 0 Å². The molecule has 3 rings (SSSR count). The molecule has 1 N–H and O–H groups in total. The summed E-state index contributed by atoms with van der Waals surface area (Å²) in [5, 5.41) is 9.55. The van der Waals surface area contributed by atoms with Crippen molar-refractivity contribution >= 4 is 27.5 Å². The van der Waals surface area contributed by atoms with E-state index in [2.05, 4.69) is 4.98 Å². The van der Waals surface area contributed by atoms with Gasteiger partial charge in [0.1, 0.15) is 0 Å². The molecule has 3 aromatic rings. The zero-order valence-electron chi connectivity index (χ0n) is 10.6. The quantitative estimate of drug-likeness (QED) is 0.799. The van der Waals surface area contributed by atoms with Crippen molar-refractivity contribution in [3.63, 3.8) is 0 Å². The van der Waals surface area contributed by atoms with E-state index in [-0.39, 0.29) is 17.5 Å². The lowest BCUT2D eigenvalue weighted by Crippen LogP contribution is -1.95. The molecule has 0 radical (unpaired) electrons. The lowest BCUT2D eigenvalue weighted by atomic mass is 10.1. The molecule has 0 saturated carbocycles. The van der Waals surface area contributed by atoms with Crippen LogP contribution < -0.4 is 0 Å². The zero-order chi connectivity index (χ0) is 15.0. The van der Waals surface area contributed by atoms with Crippen molar-refractivity contribution in [3.8, 4) is 0 Å². The second-order valence-electron chi connectivity index (χ2n) is 4.48. The second-order valence-corrected chi connectivity index (χ2v) is 5.60. The molecule has 0 aliphatic rings. The van der Waals surface area contributed by atoms with Crippen LogP contribution in [0.15, 0.2) is 36.4 Å². The van der Waals surface area contributed by atoms with Gasteiger partial charge in [0.05, 0.1) is 20.8 Å². The minimum Gasteiger partial charge on any atom is -0.478 e. The number of fused-ring (bicyclic) bond motifs is 1. The number of carboxylic acid groups (broad SMARTS) is 1. The Morgan fingerprint density at radius 2 is 2.05 bits per heavy atom. The van der Waals surface area contributed by atoms with Gasteiger partial charge in [0.15, 0.2) is 11.6 Å². The van der Waals surface area contributed by atoms with Gasteiger partial charge in [0, 0.05) is 6.42 Å². The summed E-state index contributed by atoms with van der Waals surface area (Å²) in [6.45, 7) is 0. The normalized spacial score (nSPS) is 11.0. The van der Waals surface area contributed by atoms with Gasteiger partial charge in [-0.3, -0.25) is 0 Å². The highest BCUT2D eigenvalue weighted by molar-refractivity contribution is 7.18. The first-order chi connectivity index (χ1) is 10.0. The summed E-state index contributed by atoms with van der Waals surface area (Å²) in [6.07, 6.45) is 0.172. The van der Waals surface area contributed by atoms with E-state index >= 15 is 0 Å². The smallest absolute Gasteiger partial charge is 0.335 e. The molecule has 21 heavy (non-hydrogen) atoms. The Kier molecular flexibility index (Phi) is 3.39. The predicted molar refractivity (Wildman–Crippen MR) is 75.7 cm³/mol. The van der Waals surface area contributed by atoms with Crippen LogP contribution in [0.4, 0.5) is 8.78 Å². The predicted octanol–water partition coefficient (Wildman–Crippen LogP) is 3.86. The van der Waals surface area contributed by atoms with Crippen molar-refractivity contribution in [1.82, 2.24) is 4.98 Å². The molecule has 0 saturated heterocycles. The fourth-order valence-electron chi connectivity index (χ4n) is 2.03. The van der Waals surface area contributed by atoms with Crippen LogP contribution in [-0.2, 0) is 6.42 Å². The first kappa shape index (κ1) is 13.6. The van der Waals surface area contributed by atoms with Gasteiger partial charge in [-0.25, -0.2) is 18.6 Å². The van der Waals surface area contributed by atoms with E-state index in [1.54, 1.807) is 6.07 Å². The number of carboxylic acids is 1. The third-order valence-corrected chi connectivity index (χ3v) is 4.07. The molecule has 1 aromatic heterocycles. The van der Waals surface area contributed by atoms with Crippen LogP contribution in [-0.4, -0.2) is 16.1 Å². The molecule has 0 unspecified atom stereocenters.